The van der Waals surface area contributed by atoms with Gasteiger partial charge in [-0.05, 0) is 56.5 Å². The van der Waals surface area contributed by atoms with E-state index in [0.717, 1.165) is 11.3 Å². The number of ether oxygens (including phenoxy) is 1. The maximum absolute atomic E-state index is 12.8. The van der Waals surface area contributed by atoms with Crippen LogP contribution in [0.2, 0.25) is 5.02 Å². The molecular weight excluding hydrogens is 388 g/mol. The van der Waals surface area contributed by atoms with E-state index in [1.807, 2.05) is 37.3 Å². The van der Waals surface area contributed by atoms with Crippen LogP contribution < -0.4 is 10.1 Å². The number of rotatable bonds is 11. The lowest BCUT2D eigenvalue weighted by molar-refractivity contribution is -0.140. The van der Waals surface area contributed by atoms with Crippen LogP contribution in [-0.4, -0.2) is 42.5 Å². The molecule has 0 aliphatic carbocycles. The van der Waals surface area contributed by atoms with E-state index in [2.05, 4.69) is 5.32 Å². The first kappa shape index (κ1) is 22.8. The van der Waals surface area contributed by atoms with Crippen LogP contribution in [0, 0.1) is 0 Å². The first-order valence-corrected chi connectivity index (χ1v) is 10.4. The van der Waals surface area contributed by atoms with Gasteiger partial charge in [0, 0.05) is 24.5 Å². The molecule has 5 nitrogen and oxygen atoms in total. The highest BCUT2D eigenvalue weighted by molar-refractivity contribution is 6.30. The Morgan fingerprint density at radius 1 is 1.10 bits per heavy atom. The lowest BCUT2D eigenvalue weighted by Gasteiger charge is -2.28. The minimum absolute atomic E-state index is 0.0422. The molecule has 0 fully saturated rings. The predicted molar refractivity (Wildman–Crippen MR) is 116 cm³/mol. The number of benzene rings is 2. The van der Waals surface area contributed by atoms with E-state index in [1.54, 1.807) is 36.1 Å². The van der Waals surface area contributed by atoms with Crippen LogP contribution in [0.15, 0.2) is 54.6 Å². The average molecular weight is 417 g/mol. The number of halogens is 1. The van der Waals surface area contributed by atoms with Crippen molar-refractivity contribution in [2.75, 3.05) is 19.7 Å². The van der Waals surface area contributed by atoms with E-state index in [1.165, 1.54) is 0 Å². The van der Waals surface area contributed by atoms with Gasteiger partial charge >= 0.3 is 0 Å². The van der Waals surface area contributed by atoms with Crippen molar-refractivity contribution < 1.29 is 14.3 Å². The molecule has 0 saturated heterocycles. The van der Waals surface area contributed by atoms with Gasteiger partial charge < -0.3 is 15.0 Å². The summed E-state index contributed by atoms with van der Waals surface area (Å²) in [4.78, 5) is 26.8. The molecule has 1 N–H and O–H groups in total. The fourth-order valence-electron chi connectivity index (χ4n) is 2.98. The molecule has 0 radical (unpaired) electrons. The maximum Gasteiger partial charge on any atom is 0.242 e. The summed E-state index contributed by atoms with van der Waals surface area (Å²) in [6.07, 6.45) is 1.61. The molecule has 0 aliphatic rings. The molecular formula is C23H29ClN2O3. The maximum atomic E-state index is 12.8. The van der Waals surface area contributed by atoms with Gasteiger partial charge in [0.2, 0.25) is 11.8 Å². The SMILES string of the molecule is CCNC(=O)[C@@H](C)N(CCc1ccccc1)C(=O)CCCOc1ccc(Cl)cc1. The Morgan fingerprint density at radius 3 is 2.45 bits per heavy atom. The predicted octanol–water partition coefficient (Wildman–Crippen LogP) is 4.09. The van der Waals surface area contributed by atoms with Crippen molar-refractivity contribution >= 4 is 23.4 Å². The lowest BCUT2D eigenvalue weighted by Crippen LogP contribution is -2.48. The largest absolute Gasteiger partial charge is 0.494 e. The lowest BCUT2D eigenvalue weighted by atomic mass is 10.1. The third-order valence-electron chi connectivity index (χ3n) is 4.62. The second-order valence-electron chi connectivity index (χ2n) is 6.80. The van der Waals surface area contributed by atoms with Gasteiger partial charge in [-0.1, -0.05) is 41.9 Å². The van der Waals surface area contributed by atoms with E-state index < -0.39 is 6.04 Å². The van der Waals surface area contributed by atoms with E-state index in [4.69, 9.17) is 16.3 Å². The highest BCUT2D eigenvalue weighted by Gasteiger charge is 2.24. The molecule has 1 atom stereocenters. The van der Waals surface area contributed by atoms with Crippen LogP contribution in [0.25, 0.3) is 0 Å². The summed E-state index contributed by atoms with van der Waals surface area (Å²) in [6.45, 7) is 5.11. The molecule has 0 aliphatic heterocycles. The van der Waals surface area contributed by atoms with E-state index in [9.17, 15) is 9.59 Å². The molecule has 2 aromatic rings. The summed E-state index contributed by atoms with van der Waals surface area (Å²) >= 11 is 5.86. The number of amides is 2. The van der Waals surface area contributed by atoms with Crippen molar-refractivity contribution in [1.29, 1.82) is 0 Å². The van der Waals surface area contributed by atoms with Crippen LogP contribution in [-0.2, 0) is 16.0 Å². The first-order valence-electron chi connectivity index (χ1n) is 10.0. The fraction of sp³-hybridized carbons (Fsp3) is 0.391. The number of likely N-dealkylation sites (N-methyl/N-ethyl adjacent to an activating group) is 1. The Hall–Kier alpha value is -2.53. The third-order valence-corrected chi connectivity index (χ3v) is 4.87. The zero-order valence-electron chi connectivity index (χ0n) is 17.1. The van der Waals surface area contributed by atoms with Crippen molar-refractivity contribution in [3.63, 3.8) is 0 Å². The number of hydrogen-bond acceptors (Lipinski definition) is 3. The Bertz CT molecular complexity index is 765. The summed E-state index contributed by atoms with van der Waals surface area (Å²) in [5.41, 5.74) is 1.14. The van der Waals surface area contributed by atoms with Crippen LogP contribution in [0.3, 0.4) is 0 Å². The fourth-order valence-corrected chi connectivity index (χ4v) is 3.11. The molecule has 0 spiro atoms. The minimum atomic E-state index is -0.511. The van der Waals surface area contributed by atoms with Crippen molar-refractivity contribution in [1.82, 2.24) is 10.2 Å². The van der Waals surface area contributed by atoms with Gasteiger partial charge in [-0.2, -0.15) is 0 Å². The molecule has 0 unspecified atom stereocenters. The van der Waals surface area contributed by atoms with Gasteiger partial charge in [-0.25, -0.2) is 0 Å². The number of nitrogens with one attached hydrogen (secondary N) is 1. The Kier molecular flexibility index (Phi) is 9.51. The zero-order chi connectivity index (χ0) is 21.1. The van der Waals surface area contributed by atoms with Gasteiger partial charge in [-0.15, -0.1) is 0 Å². The van der Waals surface area contributed by atoms with Crippen molar-refractivity contribution in [2.24, 2.45) is 0 Å². The molecule has 0 aromatic heterocycles. The number of hydrogen-bond donors (Lipinski definition) is 1. The quantitative estimate of drug-likeness (QED) is 0.561. The van der Waals surface area contributed by atoms with Gasteiger partial charge in [0.25, 0.3) is 0 Å². The Labute approximate surface area is 178 Å². The molecule has 2 amide bonds. The van der Waals surface area contributed by atoms with Crippen LogP contribution in [0.4, 0.5) is 0 Å². The molecule has 29 heavy (non-hydrogen) atoms. The monoisotopic (exact) mass is 416 g/mol. The number of carbonyl (C=O) groups excluding carboxylic acids is 2. The topological polar surface area (TPSA) is 58.6 Å². The molecule has 156 valence electrons. The number of carbonyl (C=O) groups is 2. The molecule has 0 heterocycles. The standard InChI is InChI=1S/C23H29ClN2O3/c1-3-25-23(28)18(2)26(16-15-19-8-5-4-6-9-19)22(27)10-7-17-29-21-13-11-20(24)12-14-21/h4-6,8-9,11-14,18H,3,7,10,15-17H2,1-2H3,(H,25,28)/t18-/m1/s1. The van der Waals surface area contributed by atoms with Crippen LogP contribution >= 0.6 is 11.6 Å². The minimum Gasteiger partial charge on any atom is -0.494 e. The van der Waals surface area contributed by atoms with E-state index in [0.29, 0.717) is 44.0 Å². The van der Waals surface area contributed by atoms with Crippen LogP contribution in [0.5, 0.6) is 5.75 Å². The molecule has 6 heteroatoms. The summed E-state index contributed by atoms with van der Waals surface area (Å²) in [7, 11) is 0. The van der Waals surface area contributed by atoms with Gasteiger partial charge in [0.05, 0.1) is 6.61 Å². The van der Waals surface area contributed by atoms with Crippen LogP contribution in [0.1, 0.15) is 32.3 Å². The summed E-state index contributed by atoms with van der Waals surface area (Å²) in [5, 5.41) is 3.46. The van der Waals surface area contributed by atoms with E-state index >= 15 is 0 Å². The van der Waals surface area contributed by atoms with Gasteiger partial charge in [-0.3, -0.25) is 9.59 Å². The second-order valence-corrected chi connectivity index (χ2v) is 7.24. The third kappa shape index (κ3) is 7.78. The summed E-state index contributed by atoms with van der Waals surface area (Å²) in [5.74, 6) is 0.546. The molecule has 0 bridgehead atoms. The highest BCUT2D eigenvalue weighted by atomic mass is 35.5. The molecule has 0 saturated carbocycles. The van der Waals surface area contributed by atoms with Crippen molar-refractivity contribution in [3.05, 3.63) is 65.2 Å². The van der Waals surface area contributed by atoms with Gasteiger partial charge in [0.1, 0.15) is 11.8 Å². The molecule has 2 rings (SSSR count). The average Bonchev–Trinajstić information content (AvgIpc) is 2.73. The smallest absolute Gasteiger partial charge is 0.242 e. The Morgan fingerprint density at radius 2 is 1.79 bits per heavy atom. The Balaban J connectivity index is 1.90. The van der Waals surface area contributed by atoms with Crippen molar-refractivity contribution in [2.45, 2.75) is 39.2 Å². The zero-order valence-corrected chi connectivity index (χ0v) is 17.8. The first-order chi connectivity index (χ1) is 14.0. The van der Waals surface area contributed by atoms with Crippen molar-refractivity contribution in [3.8, 4) is 5.75 Å². The second kappa shape index (κ2) is 12.1. The molecule has 2 aromatic carbocycles. The normalized spacial score (nSPS) is 11.6. The van der Waals surface area contributed by atoms with Gasteiger partial charge in [0.15, 0.2) is 0 Å². The summed E-state index contributed by atoms with van der Waals surface area (Å²) < 4.78 is 5.66. The number of nitrogens with zero attached hydrogens (tertiary/aromatic N) is 1. The highest BCUT2D eigenvalue weighted by Crippen LogP contribution is 2.16. The summed E-state index contributed by atoms with van der Waals surface area (Å²) in [6, 6.07) is 16.6. The van der Waals surface area contributed by atoms with E-state index in [-0.39, 0.29) is 11.8 Å².